The molecular formula is C11H20O. The molecule has 2 atom stereocenters. The van der Waals surface area contributed by atoms with Gasteiger partial charge in [0.15, 0.2) is 0 Å². The van der Waals surface area contributed by atoms with Gasteiger partial charge < -0.3 is 4.74 Å². The summed E-state index contributed by atoms with van der Waals surface area (Å²) in [6, 6.07) is 0. The first-order valence-corrected chi connectivity index (χ1v) is 4.75. The second kappa shape index (κ2) is 3.61. The third-order valence-corrected chi connectivity index (χ3v) is 2.74. The predicted molar refractivity (Wildman–Crippen MR) is 52.1 cm³/mol. The summed E-state index contributed by atoms with van der Waals surface area (Å²) < 4.78 is 5.27. The fraction of sp³-hybridized carbons (Fsp3) is 0.818. The molecule has 0 aromatic rings. The Hall–Kier alpha value is -0.300. The molecule has 0 spiro atoms. The summed E-state index contributed by atoms with van der Waals surface area (Å²) in [5.74, 6) is 0.726. The van der Waals surface area contributed by atoms with Crippen LogP contribution in [0.4, 0.5) is 0 Å². The van der Waals surface area contributed by atoms with Gasteiger partial charge in [0, 0.05) is 7.11 Å². The molecule has 0 saturated carbocycles. The van der Waals surface area contributed by atoms with E-state index in [4.69, 9.17) is 4.74 Å². The third kappa shape index (κ3) is 2.34. The van der Waals surface area contributed by atoms with Crippen LogP contribution in [-0.2, 0) is 4.74 Å². The summed E-state index contributed by atoms with van der Waals surface area (Å²) >= 11 is 0. The van der Waals surface area contributed by atoms with Gasteiger partial charge in [0.25, 0.3) is 0 Å². The fourth-order valence-corrected chi connectivity index (χ4v) is 1.71. The SMILES string of the molecule is CO[C@@H]1C=C[C@@H](C(C)(C)C)CC1. The van der Waals surface area contributed by atoms with Gasteiger partial charge in [-0.3, -0.25) is 0 Å². The van der Waals surface area contributed by atoms with E-state index in [1.165, 1.54) is 12.8 Å². The van der Waals surface area contributed by atoms with E-state index in [1.807, 2.05) is 0 Å². The summed E-state index contributed by atoms with van der Waals surface area (Å²) in [6.45, 7) is 6.90. The predicted octanol–water partition coefficient (Wildman–Crippen LogP) is 3.01. The molecule has 0 radical (unpaired) electrons. The molecule has 0 aromatic heterocycles. The summed E-state index contributed by atoms with van der Waals surface area (Å²) in [6.07, 6.45) is 7.33. The summed E-state index contributed by atoms with van der Waals surface area (Å²) in [5, 5.41) is 0. The van der Waals surface area contributed by atoms with E-state index in [2.05, 4.69) is 32.9 Å². The largest absolute Gasteiger partial charge is 0.377 e. The van der Waals surface area contributed by atoms with Gasteiger partial charge in [0.05, 0.1) is 6.10 Å². The van der Waals surface area contributed by atoms with Crippen LogP contribution >= 0.6 is 0 Å². The van der Waals surface area contributed by atoms with Gasteiger partial charge in [-0.05, 0) is 24.2 Å². The van der Waals surface area contributed by atoms with Crippen molar-refractivity contribution in [3.8, 4) is 0 Å². The molecular weight excluding hydrogens is 148 g/mol. The average Bonchev–Trinajstić information content (AvgIpc) is 2.03. The number of hydrogen-bond acceptors (Lipinski definition) is 1. The molecule has 1 nitrogen and oxygen atoms in total. The van der Waals surface area contributed by atoms with E-state index < -0.39 is 0 Å². The Morgan fingerprint density at radius 1 is 1.17 bits per heavy atom. The highest BCUT2D eigenvalue weighted by atomic mass is 16.5. The molecule has 0 heterocycles. The van der Waals surface area contributed by atoms with E-state index in [-0.39, 0.29) is 0 Å². The number of methoxy groups -OCH3 is 1. The van der Waals surface area contributed by atoms with E-state index in [9.17, 15) is 0 Å². The zero-order valence-corrected chi connectivity index (χ0v) is 8.63. The van der Waals surface area contributed by atoms with Crippen LogP contribution in [0.15, 0.2) is 12.2 Å². The number of ether oxygens (including phenoxy) is 1. The molecule has 0 bridgehead atoms. The Balaban J connectivity index is 2.54. The Labute approximate surface area is 75.8 Å². The molecule has 1 aliphatic rings. The Morgan fingerprint density at radius 2 is 1.83 bits per heavy atom. The molecule has 12 heavy (non-hydrogen) atoms. The zero-order valence-electron chi connectivity index (χ0n) is 8.63. The van der Waals surface area contributed by atoms with Crippen molar-refractivity contribution in [2.75, 3.05) is 7.11 Å². The lowest BCUT2D eigenvalue weighted by Gasteiger charge is -2.32. The lowest BCUT2D eigenvalue weighted by Crippen LogP contribution is -2.24. The highest BCUT2D eigenvalue weighted by Gasteiger charge is 2.25. The second-order valence-corrected chi connectivity index (χ2v) is 4.71. The molecule has 0 aromatic carbocycles. The second-order valence-electron chi connectivity index (χ2n) is 4.71. The minimum absolute atomic E-state index is 0.364. The third-order valence-electron chi connectivity index (χ3n) is 2.74. The van der Waals surface area contributed by atoms with Crippen LogP contribution in [0.25, 0.3) is 0 Å². The zero-order chi connectivity index (χ0) is 9.19. The molecule has 0 aliphatic heterocycles. The maximum absolute atomic E-state index is 5.27. The molecule has 70 valence electrons. The van der Waals surface area contributed by atoms with Crippen LogP contribution in [0.2, 0.25) is 0 Å². The highest BCUT2D eigenvalue weighted by molar-refractivity contribution is 5.02. The minimum Gasteiger partial charge on any atom is -0.377 e. The van der Waals surface area contributed by atoms with Crippen LogP contribution < -0.4 is 0 Å². The first-order chi connectivity index (χ1) is 5.54. The lowest BCUT2D eigenvalue weighted by molar-refractivity contribution is 0.111. The van der Waals surface area contributed by atoms with Gasteiger partial charge in [-0.1, -0.05) is 32.9 Å². The molecule has 0 amide bonds. The van der Waals surface area contributed by atoms with Crippen LogP contribution in [0.3, 0.4) is 0 Å². The Morgan fingerprint density at radius 3 is 2.17 bits per heavy atom. The molecule has 0 saturated heterocycles. The van der Waals surface area contributed by atoms with Gasteiger partial charge in [-0.15, -0.1) is 0 Å². The van der Waals surface area contributed by atoms with Gasteiger partial charge in [-0.2, -0.15) is 0 Å². The van der Waals surface area contributed by atoms with Gasteiger partial charge in [-0.25, -0.2) is 0 Å². The standard InChI is InChI=1S/C11H20O/c1-11(2,3)9-5-7-10(12-4)8-6-9/h5,7,9-10H,6,8H2,1-4H3/t9-,10-/m1/s1. The average molecular weight is 168 g/mol. The van der Waals surface area contributed by atoms with Crippen molar-refractivity contribution in [1.82, 2.24) is 0 Å². The molecule has 1 aliphatic carbocycles. The molecule has 0 unspecified atom stereocenters. The molecule has 1 rings (SSSR count). The van der Waals surface area contributed by atoms with Crippen molar-refractivity contribution < 1.29 is 4.74 Å². The summed E-state index contributed by atoms with van der Waals surface area (Å²) in [7, 11) is 1.78. The fourth-order valence-electron chi connectivity index (χ4n) is 1.71. The molecule has 0 fully saturated rings. The van der Waals surface area contributed by atoms with Crippen molar-refractivity contribution in [2.24, 2.45) is 11.3 Å². The number of allylic oxidation sites excluding steroid dienone is 1. The van der Waals surface area contributed by atoms with Crippen LogP contribution in [0, 0.1) is 11.3 Å². The van der Waals surface area contributed by atoms with Gasteiger partial charge in [0.1, 0.15) is 0 Å². The van der Waals surface area contributed by atoms with E-state index in [1.54, 1.807) is 7.11 Å². The number of rotatable bonds is 1. The lowest BCUT2D eigenvalue weighted by atomic mass is 9.75. The molecule has 0 N–H and O–H groups in total. The van der Waals surface area contributed by atoms with Crippen molar-refractivity contribution >= 4 is 0 Å². The highest BCUT2D eigenvalue weighted by Crippen LogP contribution is 2.34. The maximum atomic E-state index is 5.27. The quantitative estimate of drug-likeness (QED) is 0.547. The van der Waals surface area contributed by atoms with Gasteiger partial charge >= 0.3 is 0 Å². The first kappa shape index (κ1) is 9.79. The maximum Gasteiger partial charge on any atom is 0.0752 e. The van der Waals surface area contributed by atoms with Crippen molar-refractivity contribution in [3.05, 3.63) is 12.2 Å². The minimum atomic E-state index is 0.364. The van der Waals surface area contributed by atoms with E-state index >= 15 is 0 Å². The summed E-state index contributed by atoms with van der Waals surface area (Å²) in [5.41, 5.74) is 0.412. The first-order valence-electron chi connectivity index (χ1n) is 4.75. The van der Waals surface area contributed by atoms with Crippen molar-refractivity contribution in [2.45, 2.75) is 39.7 Å². The van der Waals surface area contributed by atoms with Crippen molar-refractivity contribution in [3.63, 3.8) is 0 Å². The molecule has 1 heteroatoms. The topological polar surface area (TPSA) is 9.23 Å². The van der Waals surface area contributed by atoms with Crippen molar-refractivity contribution in [1.29, 1.82) is 0 Å². The Bertz CT molecular complexity index is 164. The van der Waals surface area contributed by atoms with Crippen LogP contribution in [0.1, 0.15) is 33.6 Å². The summed E-state index contributed by atoms with van der Waals surface area (Å²) in [4.78, 5) is 0. The van der Waals surface area contributed by atoms with E-state index in [0.717, 1.165) is 5.92 Å². The Kier molecular flexibility index (Phi) is 2.94. The normalized spacial score (nSPS) is 30.7. The smallest absolute Gasteiger partial charge is 0.0752 e. The monoisotopic (exact) mass is 168 g/mol. The number of hydrogen-bond donors (Lipinski definition) is 0. The van der Waals surface area contributed by atoms with Crippen LogP contribution in [0.5, 0.6) is 0 Å². The van der Waals surface area contributed by atoms with E-state index in [0.29, 0.717) is 11.5 Å². The van der Waals surface area contributed by atoms with Crippen LogP contribution in [-0.4, -0.2) is 13.2 Å². The van der Waals surface area contributed by atoms with Gasteiger partial charge in [0.2, 0.25) is 0 Å².